The number of rotatable bonds is 6. The third kappa shape index (κ3) is 3.35. The molecule has 6 heteroatoms. The number of carbonyl (C=O) groups excluding carboxylic acids is 1. The second-order valence-electron chi connectivity index (χ2n) is 6.33. The average molecular weight is 343 g/mol. The van der Waals surface area contributed by atoms with Gasteiger partial charge in [-0.1, -0.05) is 6.07 Å². The van der Waals surface area contributed by atoms with Gasteiger partial charge in [0, 0.05) is 18.8 Å². The summed E-state index contributed by atoms with van der Waals surface area (Å²) in [5, 5.41) is 5.08. The van der Waals surface area contributed by atoms with Gasteiger partial charge in [0.05, 0.1) is 12.6 Å². The first-order chi connectivity index (χ1) is 11.8. The Bertz CT molecular complexity index is 699. The molecule has 24 heavy (non-hydrogen) atoms. The summed E-state index contributed by atoms with van der Waals surface area (Å²) in [6.07, 6.45) is 6.27. The van der Waals surface area contributed by atoms with E-state index in [0.717, 1.165) is 28.8 Å². The minimum Gasteiger partial charge on any atom is -0.453 e. The smallest absolute Gasteiger partial charge is 0.240 e. The van der Waals surface area contributed by atoms with Crippen molar-refractivity contribution < 1.29 is 9.21 Å². The number of furan rings is 1. The van der Waals surface area contributed by atoms with E-state index in [1.807, 2.05) is 30.3 Å². The van der Waals surface area contributed by atoms with E-state index < -0.39 is 0 Å². The topological polar surface area (TPSA) is 58.4 Å². The monoisotopic (exact) mass is 343 g/mol. The quantitative estimate of drug-likeness (QED) is 0.873. The van der Waals surface area contributed by atoms with Crippen LogP contribution in [0.5, 0.6) is 0 Å². The molecule has 1 atom stereocenters. The van der Waals surface area contributed by atoms with Crippen molar-refractivity contribution in [2.24, 2.45) is 0 Å². The fourth-order valence-electron chi connectivity index (χ4n) is 3.19. The third-order valence-corrected chi connectivity index (χ3v) is 5.63. The molecule has 1 saturated carbocycles. The second-order valence-corrected chi connectivity index (χ2v) is 7.35. The van der Waals surface area contributed by atoms with Gasteiger partial charge in [-0.05, 0) is 61.7 Å². The van der Waals surface area contributed by atoms with Crippen molar-refractivity contribution in [3.05, 3.63) is 42.3 Å². The number of nitrogens with one attached hydrogen (secondary N) is 1. The van der Waals surface area contributed by atoms with Crippen LogP contribution in [0.2, 0.25) is 0 Å². The van der Waals surface area contributed by atoms with Gasteiger partial charge in [-0.25, -0.2) is 4.98 Å². The summed E-state index contributed by atoms with van der Waals surface area (Å²) < 4.78 is 5.82. The molecule has 2 aliphatic rings. The molecule has 1 aliphatic heterocycles. The molecular formula is C18H21N3O2S. The van der Waals surface area contributed by atoms with Crippen molar-refractivity contribution >= 4 is 17.7 Å². The fourth-order valence-corrected chi connectivity index (χ4v) is 3.95. The number of hydrogen-bond acceptors (Lipinski definition) is 5. The molecule has 1 saturated heterocycles. The van der Waals surface area contributed by atoms with Gasteiger partial charge in [0.25, 0.3) is 0 Å². The van der Waals surface area contributed by atoms with Crippen LogP contribution in [0.3, 0.4) is 0 Å². The highest BCUT2D eigenvalue weighted by Crippen LogP contribution is 2.29. The van der Waals surface area contributed by atoms with Crippen molar-refractivity contribution in [1.29, 1.82) is 0 Å². The fraction of sp³-hybridized carbons (Fsp3) is 0.444. The molecule has 0 aromatic carbocycles. The molecular weight excluding hydrogens is 322 g/mol. The lowest BCUT2D eigenvalue weighted by molar-refractivity contribution is -0.132. The van der Waals surface area contributed by atoms with Crippen molar-refractivity contribution in [1.82, 2.24) is 15.2 Å². The molecule has 5 nitrogen and oxygen atoms in total. The Balaban J connectivity index is 1.30. The van der Waals surface area contributed by atoms with Gasteiger partial charge in [0.2, 0.25) is 5.91 Å². The summed E-state index contributed by atoms with van der Waals surface area (Å²) in [7, 11) is 0. The standard InChI is InChI=1S/C18H21N3O2S/c22-18-15(9-11-21(18)13-4-3-5-13)20-12-14-7-8-17(23-14)24-16-6-1-2-10-19-16/h1-2,6-8,10,13,15,20H,3-5,9,11-12H2. The average Bonchev–Trinajstić information content (AvgIpc) is 3.13. The number of carbonyl (C=O) groups is 1. The largest absolute Gasteiger partial charge is 0.453 e. The summed E-state index contributed by atoms with van der Waals surface area (Å²) in [6.45, 7) is 1.47. The van der Waals surface area contributed by atoms with Crippen LogP contribution in [0.1, 0.15) is 31.4 Å². The number of pyridine rings is 1. The molecule has 0 radical (unpaired) electrons. The van der Waals surface area contributed by atoms with Gasteiger partial charge in [-0.2, -0.15) is 0 Å². The van der Waals surface area contributed by atoms with Crippen LogP contribution in [0.4, 0.5) is 0 Å². The highest BCUT2D eigenvalue weighted by atomic mass is 32.2. The zero-order valence-corrected chi connectivity index (χ0v) is 14.3. The predicted molar refractivity (Wildman–Crippen MR) is 91.7 cm³/mol. The van der Waals surface area contributed by atoms with Crippen LogP contribution < -0.4 is 5.32 Å². The van der Waals surface area contributed by atoms with Gasteiger partial charge in [0.15, 0.2) is 5.09 Å². The summed E-state index contributed by atoms with van der Waals surface area (Å²) in [4.78, 5) is 18.8. The first kappa shape index (κ1) is 15.7. The maximum absolute atomic E-state index is 12.4. The van der Waals surface area contributed by atoms with Gasteiger partial charge in [-0.15, -0.1) is 0 Å². The van der Waals surface area contributed by atoms with Gasteiger partial charge < -0.3 is 9.32 Å². The van der Waals surface area contributed by atoms with Crippen LogP contribution in [0.25, 0.3) is 0 Å². The number of aromatic nitrogens is 1. The van der Waals surface area contributed by atoms with Crippen molar-refractivity contribution in [3.8, 4) is 0 Å². The molecule has 2 aromatic heterocycles. The van der Waals surface area contributed by atoms with Crippen molar-refractivity contribution in [2.75, 3.05) is 6.54 Å². The maximum atomic E-state index is 12.4. The molecule has 1 amide bonds. The molecule has 2 aromatic rings. The van der Waals surface area contributed by atoms with Gasteiger partial charge in [0.1, 0.15) is 10.8 Å². The van der Waals surface area contributed by atoms with E-state index in [1.54, 1.807) is 6.20 Å². The molecule has 0 spiro atoms. The summed E-state index contributed by atoms with van der Waals surface area (Å²) >= 11 is 1.50. The Morgan fingerprint density at radius 2 is 2.17 bits per heavy atom. The van der Waals surface area contributed by atoms with Crippen LogP contribution in [-0.2, 0) is 11.3 Å². The maximum Gasteiger partial charge on any atom is 0.240 e. The van der Waals surface area contributed by atoms with Crippen LogP contribution in [0, 0.1) is 0 Å². The SMILES string of the molecule is O=C1C(NCc2ccc(Sc3ccccn3)o2)CCN1C1CCC1. The minimum atomic E-state index is -0.0670. The number of amides is 1. The van der Waals surface area contributed by atoms with Gasteiger partial charge >= 0.3 is 0 Å². The summed E-state index contributed by atoms with van der Waals surface area (Å²) in [5.74, 6) is 1.11. The Kier molecular flexibility index (Phi) is 4.58. The molecule has 1 N–H and O–H groups in total. The molecule has 1 aliphatic carbocycles. The third-order valence-electron chi connectivity index (χ3n) is 4.76. The Morgan fingerprint density at radius 3 is 2.92 bits per heavy atom. The van der Waals surface area contributed by atoms with E-state index in [0.29, 0.717) is 12.6 Å². The highest BCUT2D eigenvalue weighted by Gasteiger charge is 2.37. The zero-order valence-electron chi connectivity index (χ0n) is 13.5. The van der Waals surface area contributed by atoms with E-state index in [-0.39, 0.29) is 11.9 Å². The Morgan fingerprint density at radius 1 is 1.25 bits per heavy atom. The second kappa shape index (κ2) is 6.99. The predicted octanol–water partition coefficient (Wildman–Crippen LogP) is 3.07. The lowest BCUT2D eigenvalue weighted by Crippen LogP contribution is -2.45. The van der Waals surface area contributed by atoms with Gasteiger partial charge in [-0.3, -0.25) is 10.1 Å². The van der Waals surface area contributed by atoms with Crippen molar-refractivity contribution in [3.63, 3.8) is 0 Å². The van der Waals surface area contributed by atoms with E-state index in [2.05, 4.69) is 15.2 Å². The number of nitrogens with zero attached hydrogens (tertiary/aromatic N) is 2. The Hall–Kier alpha value is -1.79. The summed E-state index contributed by atoms with van der Waals surface area (Å²) in [6, 6.07) is 10.1. The number of hydrogen-bond donors (Lipinski definition) is 1. The molecule has 0 bridgehead atoms. The van der Waals surface area contributed by atoms with Crippen molar-refractivity contribution in [2.45, 2.75) is 54.4 Å². The van der Waals surface area contributed by atoms with E-state index in [4.69, 9.17) is 4.42 Å². The minimum absolute atomic E-state index is 0.0670. The normalized spacial score (nSPS) is 21.2. The number of likely N-dealkylation sites (tertiary alicyclic amines) is 1. The summed E-state index contributed by atoms with van der Waals surface area (Å²) in [5.41, 5.74) is 0. The highest BCUT2D eigenvalue weighted by molar-refractivity contribution is 7.99. The molecule has 3 heterocycles. The lowest BCUT2D eigenvalue weighted by atomic mass is 9.92. The van der Waals surface area contributed by atoms with E-state index >= 15 is 0 Å². The Labute approximate surface area is 145 Å². The molecule has 1 unspecified atom stereocenters. The van der Waals surface area contributed by atoms with Crippen LogP contribution in [-0.4, -0.2) is 34.4 Å². The zero-order chi connectivity index (χ0) is 16.4. The first-order valence-corrected chi connectivity index (χ1v) is 9.33. The lowest BCUT2D eigenvalue weighted by Gasteiger charge is -2.34. The molecule has 2 fully saturated rings. The van der Waals surface area contributed by atoms with E-state index in [9.17, 15) is 4.79 Å². The van der Waals surface area contributed by atoms with E-state index in [1.165, 1.54) is 31.0 Å². The van der Waals surface area contributed by atoms with Crippen LogP contribution in [0.15, 0.2) is 51.1 Å². The molecule has 126 valence electrons. The first-order valence-electron chi connectivity index (χ1n) is 8.51. The van der Waals surface area contributed by atoms with Crippen LogP contribution >= 0.6 is 11.8 Å². The molecule has 4 rings (SSSR count).